The highest BCUT2D eigenvalue weighted by atomic mass is 127. The van der Waals surface area contributed by atoms with Crippen LogP contribution in [-0.2, 0) is 0 Å². The summed E-state index contributed by atoms with van der Waals surface area (Å²) in [5, 5.41) is 0.872. The summed E-state index contributed by atoms with van der Waals surface area (Å²) in [6.07, 6.45) is 1.53. The molecule has 2 aromatic rings. The van der Waals surface area contributed by atoms with Crippen molar-refractivity contribution in [1.29, 1.82) is 0 Å². The molecule has 0 aliphatic rings. The molecule has 0 amide bonds. The highest BCUT2D eigenvalue weighted by Crippen LogP contribution is 2.19. The number of halogens is 1. The molecule has 0 saturated heterocycles. The molecule has 0 aliphatic carbocycles. The summed E-state index contributed by atoms with van der Waals surface area (Å²) in [5.41, 5.74) is 1.19. The number of hydrogen-bond donors (Lipinski definition) is 0. The zero-order valence-electron chi connectivity index (χ0n) is 6.87. The molecule has 2 rings (SSSR count). The Morgan fingerprint density at radius 2 is 2.31 bits per heavy atom. The van der Waals surface area contributed by atoms with Gasteiger partial charge in [0.1, 0.15) is 0 Å². The fraction of sp³-hybridized carbons (Fsp3) is 0.111. The Hall–Kier alpha value is -0.910. The van der Waals surface area contributed by atoms with E-state index in [0.29, 0.717) is 11.3 Å². The van der Waals surface area contributed by atoms with Gasteiger partial charge in [0, 0.05) is 17.1 Å². The van der Waals surface area contributed by atoms with E-state index in [-0.39, 0.29) is 5.78 Å². The molecule has 3 nitrogen and oxygen atoms in total. The number of Topliss-reactive ketones (excluding diaryl/α,β-unsaturated/α-hetero) is 1. The maximum absolute atomic E-state index is 11.0. The third-order valence-electron chi connectivity index (χ3n) is 1.75. The normalized spacial score (nSPS) is 10.6. The Morgan fingerprint density at radius 1 is 1.54 bits per heavy atom. The summed E-state index contributed by atoms with van der Waals surface area (Å²) in [4.78, 5) is 15.1. The minimum atomic E-state index is 0.0191. The lowest BCUT2D eigenvalue weighted by molar-refractivity contribution is 0.101. The molecule has 2 heterocycles. The number of rotatable bonds is 1. The topological polar surface area (TPSA) is 43.1 Å². The fourth-order valence-electron chi connectivity index (χ4n) is 1.09. The van der Waals surface area contributed by atoms with E-state index < -0.39 is 0 Å². The van der Waals surface area contributed by atoms with Crippen LogP contribution in [0.5, 0.6) is 0 Å². The largest absolute Gasteiger partial charge is 0.432 e. The lowest BCUT2D eigenvalue weighted by Crippen LogP contribution is -1.91. The average molecular weight is 287 g/mol. The molecule has 0 bridgehead atoms. The first-order chi connectivity index (χ1) is 6.16. The van der Waals surface area contributed by atoms with Crippen molar-refractivity contribution in [1.82, 2.24) is 4.98 Å². The highest BCUT2D eigenvalue weighted by Gasteiger charge is 2.05. The number of carbonyl (C=O) groups excluding carboxylic acids is 1. The van der Waals surface area contributed by atoms with Gasteiger partial charge in [-0.1, -0.05) is 0 Å². The van der Waals surface area contributed by atoms with Crippen LogP contribution in [0.4, 0.5) is 0 Å². The molecular weight excluding hydrogens is 281 g/mol. The second-order valence-corrected chi connectivity index (χ2v) is 3.79. The summed E-state index contributed by atoms with van der Waals surface area (Å²) in [7, 11) is 0. The maximum Gasteiger partial charge on any atom is 0.227 e. The first-order valence-electron chi connectivity index (χ1n) is 3.73. The number of ketones is 1. The first-order valence-corrected chi connectivity index (χ1v) is 4.81. The van der Waals surface area contributed by atoms with Gasteiger partial charge in [0.15, 0.2) is 9.55 Å². The van der Waals surface area contributed by atoms with Gasteiger partial charge >= 0.3 is 0 Å². The van der Waals surface area contributed by atoms with Gasteiger partial charge in [0.25, 0.3) is 0 Å². The van der Waals surface area contributed by atoms with Gasteiger partial charge in [-0.2, -0.15) is 0 Å². The number of aromatic nitrogens is 1. The van der Waals surface area contributed by atoms with Gasteiger partial charge in [-0.3, -0.25) is 4.79 Å². The van der Waals surface area contributed by atoms with Crippen molar-refractivity contribution in [2.75, 3.05) is 0 Å². The van der Waals surface area contributed by atoms with Gasteiger partial charge in [-0.15, -0.1) is 0 Å². The lowest BCUT2D eigenvalue weighted by atomic mass is 10.2. The highest BCUT2D eigenvalue weighted by molar-refractivity contribution is 14.1. The van der Waals surface area contributed by atoms with Crippen molar-refractivity contribution in [2.24, 2.45) is 0 Å². The van der Waals surface area contributed by atoms with E-state index in [0.717, 1.165) is 9.15 Å². The minimum absolute atomic E-state index is 0.0191. The van der Waals surface area contributed by atoms with E-state index in [4.69, 9.17) is 4.42 Å². The zero-order valence-corrected chi connectivity index (χ0v) is 9.03. The van der Waals surface area contributed by atoms with E-state index in [9.17, 15) is 4.79 Å². The summed E-state index contributed by atoms with van der Waals surface area (Å²) in [5.74, 6) is 0.0191. The Labute approximate surface area is 88.3 Å². The summed E-state index contributed by atoms with van der Waals surface area (Å²) >= 11 is 2.07. The molecule has 0 aliphatic heterocycles. The monoisotopic (exact) mass is 287 g/mol. The van der Waals surface area contributed by atoms with E-state index >= 15 is 0 Å². The molecule has 66 valence electrons. The third-order valence-corrected chi connectivity index (χ3v) is 2.28. The van der Waals surface area contributed by atoms with Crippen molar-refractivity contribution in [3.05, 3.63) is 27.7 Å². The van der Waals surface area contributed by atoms with E-state index in [2.05, 4.69) is 27.6 Å². The van der Waals surface area contributed by atoms with Crippen molar-refractivity contribution < 1.29 is 9.21 Å². The molecule has 0 atom stereocenters. The Bertz CT molecular complexity index is 475. The number of carbonyl (C=O) groups is 1. The van der Waals surface area contributed by atoms with Gasteiger partial charge in [0.05, 0.1) is 0 Å². The number of pyridine rings is 1. The summed E-state index contributed by atoms with van der Waals surface area (Å²) in [6, 6.07) is 3.64. The van der Waals surface area contributed by atoms with Crippen LogP contribution in [0.3, 0.4) is 0 Å². The van der Waals surface area contributed by atoms with Gasteiger partial charge in [0.2, 0.25) is 5.71 Å². The summed E-state index contributed by atoms with van der Waals surface area (Å²) in [6.45, 7) is 1.52. The Morgan fingerprint density at radius 3 is 3.00 bits per heavy atom. The molecule has 0 fully saturated rings. The van der Waals surface area contributed by atoms with E-state index in [1.54, 1.807) is 6.07 Å². The van der Waals surface area contributed by atoms with Crippen LogP contribution in [0.15, 0.2) is 22.7 Å². The zero-order chi connectivity index (χ0) is 9.42. The van der Waals surface area contributed by atoms with E-state index in [1.807, 2.05) is 6.07 Å². The third kappa shape index (κ3) is 1.58. The number of hydrogen-bond acceptors (Lipinski definition) is 3. The Kier molecular flexibility index (Phi) is 2.07. The van der Waals surface area contributed by atoms with Crippen LogP contribution in [0.2, 0.25) is 0 Å². The number of furan rings is 1. The molecule has 2 aromatic heterocycles. The predicted molar refractivity (Wildman–Crippen MR) is 56.7 cm³/mol. The lowest BCUT2D eigenvalue weighted by Gasteiger charge is -1.92. The van der Waals surface area contributed by atoms with Crippen LogP contribution < -0.4 is 0 Å². The molecule has 13 heavy (non-hydrogen) atoms. The van der Waals surface area contributed by atoms with Gasteiger partial charge < -0.3 is 4.42 Å². The van der Waals surface area contributed by atoms with Crippen molar-refractivity contribution in [3.8, 4) is 0 Å². The van der Waals surface area contributed by atoms with Crippen molar-refractivity contribution in [3.63, 3.8) is 0 Å². The fourth-order valence-corrected chi connectivity index (χ4v) is 1.64. The van der Waals surface area contributed by atoms with Crippen LogP contribution in [0.25, 0.3) is 11.1 Å². The average Bonchev–Trinajstić information content (AvgIpc) is 2.42. The Balaban J connectivity index is 2.67. The van der Waals surface area contributed by atoms with Gasteiger partial charge in [-0.05, 0) is 41.6 Å². The number of fused-ring (bicyclic) bond motifs is 1. The molecule has 0 unspecified atom stereocenters. The minimum Gasteiger partial charge on any atom is -0.432 e. The van der Waals surface area contributed by atoms with Crippen LogP contribution in [0.1, 0.15) is 17.3 Å². The molecule has 0 N–H and O–H groups in total. The van der Waals surface area contributed by atoms with Gasteiger partial charge in [-0.25, -0.2) is 4.98 Å². The second kappa shape index (κ2) is 3.10. The first kappa shape index (κ1) is 8.68. The summed E-state index contributed by atoms with van der Waals surface area (Å²) < 4.78 is 6.05. The molecule has 0 aromatic carbocycles. The predicted octanol–water partition coefficient (Wildman–Crippen LogP) is 2.64. The maximum atomic E-state index is 11.0. The van der Waals surface area contributed by atoms with Crippen molar-refractivity contribution >= 4 is 39.5 Å². The van der Waals surface area contributed by atoms with Crippen LogP contribution in [-0.4, -0.2) is 10.8 Å². The molecule has 0 radical (unpaired) electrons. The number of nitrogens with zero attached hydrogens (tertiary/aromatic N) is 1. The van der Waals surface area contributed by atoms with Crippen LogP contribution in [0, 0.1) is 3.77 Å². The molecular formula is C9H6INO2. The van der Waals surface area contributed by atoms with Crippen LogP contribution >= 0.6 is 22.6 Å². The van der Waals surface area contributed by atoms with E-state index in [1.165, 1.54) is 13.1 Å². The second-order valence-electron chi connectivity index (χ2n) is 2.73. The molecule has 4 heteroatoms. The quantitative estimate of drug-likeness (QED) is 0.598. The molecule has 0 saturated carbocycles. The SMILES string of the molecule is CC(=O)c1cnc2oc(I)cc2c1. The standard InChI is InChI=1S/C9H6INO2/c1-5(12)7-2-6-3-8(10)13-9(6)11-4-7/h2-4H,1H3. The van der Waals surface area contributed by atoms with Crippen molar-refractivity contribution in [2.45, 2.75) is 6.92 Å². The molecule has 0 spiro atoms. The smallest absolute Gasteiger partial charge is 0.227 e.